The fourth-order valence-electron chi connectivity index (χ4n) is 1.53. The van der Waals surface area contributed by atoms with E-state index in [1.54, 1.807) is 18.2 Å². The molecular formula is C15H10F2O. The Kier molecular flexibility index (Phi) is 3.63. The molecule has 0 amide bonds. The summed E-state index contributed by atoms with van der Waals surface area (Å²) >= 11 is 0. The Hall–Kier alpha value is -2.29. The van der Waals surface area contributed by atoms with Crippen LogP contribution in [0.1, 0.15) is 15.9 Å². The second kappa shape index (κ2) is 5.36. The van der Waals surface area contributed by atoms with Gasteiger partial charge in [-0.05, 0) is 35.9 Å². The number of hydrogen-bond acceptors (Lipinski definition) is 1. The van der Waals surface area contributed by atoms with E-state index in [2.05, 4.69) is 0 Å². The fourth-order valence-corrected chi connectivity index (χ4v) is 1.53. The molecule has 2 aromatic carbocycles. The molecular weight excluding hydrogens is 234 g/mol. The predicted molar refractivity (Wildman–Crippen MR) is 66.2 cm³/mol. The van der Waals surface area contributed by atoms with Crippen LogP contribution < -0.4 is 0 Å². The summed E-state index contributed by atoms with van der Waals surface area (Å²) in [6.45, 7) is 0. The minimum absolute atomic E-state index is 0.00477. The Balaban J connectivity index is 2.20. The zero-order chi connectivity index (χ0) is 13.0. The normalized spacial score (nSPS) is 10.8. The van der Waals surface area contributed by atoms with Crippen molar-refractivity contribution in [2.75, 3.05) is 0 Å². The summed E-state index contributed by atoms with van der Waals surface area (Å²) in [6.07, 6.45) is 2.69. The van der Waals surface area contributed by atoms with Crippen LogP contribution in [0.4, 0.5) is 8.78 Å². The van der Waals surface area contributed by atoms with E-state index in [9.17, 15) is 13.6 Å². The topological polar surface area (TPSA) is 17.1 Å². The van der Waals surface area contributed by atoms with Crippen molar-refractivity contribution in [1.82, 2.24) is 0 Å². The lowest BCUT2D eigenvalue weighted by Gasteiger charge is -1.97. The van der Waals surface area contributed by atoms with Crippen LogP contribution in [0.2, 0.25) is 0 Å². The maximum absolute atomic E-state index is 13.3. The lowest BCUT2D eigenvalue weighted by molar-refractivity contribution is 0.104. The van der Waals surface area contributed by atoms with E-state index in [1.807, 2.05) is 0 Å². The van der Waals surface area contributed by atoms with Gasteiger partial charge in [0, 0.05) is 0 Å². The second-order valence-electron chi connectivity index (χ2n) is 3.73. The van der Waals surface area contributed by atoms with E-state index < -0.39 is 11.6 Å². The maximum Gasteiger partial charge on any atom is 0.188 e. The van der Waals surface area contributed by atoms with Gasteiger partial charge in [-0.2, -0.15) is 0 Å². The highest BCUT2D eigenvalue weighted by Crippen LogP contribution is 2.10. The Morgan fingerprint density at radius 3 is 2.50 bits per heavy atom. The van der Waals surface area contributed by atoms with Crippen LogP contribution in [0, 0.1) is 11.6 Å². The lowest BCUT2D eigenvalue weighted by atomic mass is 10.1. The van der Waals surface area contributed by atoms with Crippen LogP contribution in [-0.2, 0) is 0 Å². The van der Waals surface area contributed by atoms with Gasteiger partial charge in [0.15, 0.2) is 5.78 Å². The number of halogens is 2. The van der Waals surface area contributed by atoms with Gasteiger partial charge in [-0.1, -0.05) is 30.3 Å². The van der Waals surface area contributed by atoms with Gasteiger partial charge in [0.05, 0.1) is 5.56 Å². The standard InChI is InChI=1S/C15H10F2O/c16-12-5-3-4-11(10-12)8-9-15(18)13-6-1-2-7-14(13)17/h1-10H. The smallest absolute Gasteiger partial charge is 0.188 e. The van der Waals surface area contributed by atoms with Crippen LogP contribution in [-0.4, -0.2) is 5.78 Å². The van der Waals surface area contributed by atoms with E-state index in [-0.39, 0.29) is 11.4 Å². The van der Waals surface area contributed by atoms with Gasteiger partial charge in [-0.3, -0.25) is 4.79 Å². The number of allylic oxidation sites excluding steroid dienone is 1. The first-order chi connectivity index (χ1) is 8.66. The zero-order valence-corrected chi connectivity index (χ0v) is 9.44. The number of benzene rings is 2. The second-order valence-corrected chi connectivity index (χ2v) is 3.73. The SMILES string of the molecule is O=C(C=Cc1cccc(F)c1)c1ccccc1F. The van der Waals surface area contributed by atoms with E-state index >= 15 is 0 Å². The molecule has 90 valence electrons. The summed E-state index contributed by atoms with van der Waals surface area (Å²) in [5.41, 5.74) is 0.560. The Morgan fingerprint density at radius 2 is 1.78 bits per heavy atom. The molecule has 0 aliphatic rings. The molecule has 0 aliphatic heterocycles. The van der Waals surface area contributed by atoms with Crippen molar-refractivity contribution in [3.8, 4) is 0 Å². The summed E-state index contributed by atoms with van der Waals surface area (Å²) in [5.74, 6) is -1.39. The molecule has 0 saturated heterocycles. The van der Waals surface area contributed by atoms with Gasteiger partial charge in [0.1, 0.15) is 11.6 Å². The third-order valence-electron chi connectivity index (χ3n) is 2.42. The molecule has 0 spiro atoms. The fraction of sp³-hybridized carbons (Fsp3) is 0. The van der Waals surface area contributed by atoms with Gasteiger partial charge in [0.2, 0.25) is 0 Å². The molecule has 0 aliphatic carbocycles. The molecule has 0 saturated carbocycles. The molecule has 0 atom stereocenters. The predicted octanol–water partition coefficient (Wildman–Crippen LogP) is 3.86. The van der Waals surface area contributed by atoms with E-state index in [1.165, 1.54) is 42.5 Å². The Labute approximate surface area is 103 Å². The number of carbonyl (C=O) groups excluding carboxylic acids is 1. The highest BCUT2D eigenvalue weighted by Gasteiger charge is 2.06. The Bertz CT molecular complexity index is 603. The molecule has 0 fully saturated rings. The van der Waals surface area contributed by atoms with Gasteiger partial charge in [-0.15, -0.1) is 0 Å². The highest BCUT2D eigenvalue weighted by atomic mass is 19.1. The summed E-state index contributed by atoms with van der Waals surface area (Å²) < 4.78 is 26.2. The Morgan fingerprint density at radius 1 is 1.00 bits per heavy atom. The van der Waals surface area contributed by atoms with Crippen molar-refractivity contribution in [2.24, 2.45) is 0 Å². The molecule has 0 heterocycles. The summed E-state index contributed by atoms with van der Waals surface area (Å²) in [7, 11) is 0. The van der Waals surface area contributed by atoms with Crippen molar-refractivity contribution in [2.45, 2.75) is 0 Å². The van der Waals surface area contributed by atoms with Crippen molar-refractivity contribution < 1.29 is 13.6 Å². The van der Waals surface area contributed by atoms with Crippen LogP contribution in [0.5, 0.6) is 0 Å². The van der Waals surface area contributed by atoms with Crippen molar-refractivity contribution >= 4 is 11.9 Å². The quantitative estimate of drug-likeness (QED) is 0.592. The minimum atomic E-state index is -0.564. The third-order valence-corrected chi connectivity index (χ3v) is 2.42. The average molecular weight is 244 g/mol. The summed E-state index contributed by atoms with van der Waals surface area (Å²) in [4.78, 5) is 11.7. The molecule has 0 unspecified atom stereocenters. The molecule has 1 nitrogen and oxygen atoms in total. The molecule has 3 heteroatoms. The zero-order valence-electron chi connectivity index (χ0n) is 9.44. The molecule has 0 N–H and O–H groups in total. The number of rotatable bonds is 3. The van der Waals surface area contributed by atoms with Gasteiger partial charge in [-0.25, -0.2) is 8.78 Å². The number of hydrogen-bond donors (Lipinski definition) is 0. The van der Waals surface area contributed by atoms with E-state index in [0.717, 1.165) is 0 Å². The molecule has 2 aromatic rings. The first kappa shape index (κ1) is 12.2. The van der Waals surface area contributed by atoms with Gasteiger partial charge >= 0.3 is 0 Å². The maximum atomic E-state index is 13.3. The van der Waals surface area contributed by atoms with Crippen molar-refractivity contribution in [3.63, 3.8) is 0 Å². The summed E-state index contributed by atoms with van der Waals surface area (Å²) in [6, 6.07) is 11.6. The first-order valence-corrected chi connectivity index (χ1v) is 5.39. The molecule has 0 aromatic heterocycles. The molecule has 0 bridgehead atoms. The van der Waals surface area contributed by atoms with Crippen LogP contribution in [0.25, 0.3) is 6.08 Å². The van der Waals surface area contributed by atoms with Gasteiger partial charge in [0.25, 0.3) is 0 Å². The van der Waals surface area contributed by atoms with Crippen LogP contribution in [0.15, 0.2) is 54.6 Å². The van der Waals surface area contributed by atoms with Crippen LogP contribution in [0.3, 0.4) is 0 Å². The third kappa shape index (κ3) is 2.88. The van der Waals surface area contributed by atoms with Crippen LogP contribution >= 0.6 is 0 Å². The average Bonchev–Trinajstić information content (AvgIpc) is 2.37. The molecule has 18 heavy (non-hydrogen) atoms. The minimum Gasteiger partial charge on any atom is -0.289 e. The monoisotopic (exact) mass is 244 g/mol. The lowest BCUT2D eigenvalue weighted by Crippen LogP contribution is -1.97. The molecule has 2 rings (SSSR count). The molecule has 0 radical (unpaired) electrons. The van der Waals surface area contributed by atoms with E-state index in [0.29, 0.717) is 5.56 Å². The number of carbonyl (C=O) groups is 1. The van der Waals surface area contributed by atoms with Crippen molar-refractivity contribution in [3.05, 3.63) is 77.4 Å². The largest absolute Gasteiger partial charge is 0.289 e. The van der Waals surface area contributed by atoms with E-state index in [4.69, 9.17) is 0 Å². The van der Waals surface area contributed by atoms with Crippen molar-refractivity contribution in [1.29, 1.82) is 0 Å². The van der Waals surface area contributed by atoms with Gasteiger partial charge < -0.3 is 0 Å². The summed E-state index contributed by atoms with van der Waals surface area (Å²) in [5, 5.41) is 0. The highest BCUT2D eigenvalue weighted by molar-refractivity contribution is 6.06. The number of ketones is 1. The first-order valence-electron chi connectivity index (χ1n) is 5.39.